The Hall–Kier alpha value is -0.655. The van der Waals surface area contributed by atoms with E-state index in [0.29, 0.717) is 9.56 Å². The molecular weight excluding hydrogens is 470 g/mol. The summed E-state index contributed by atoms with van der Waals surface area (Å²) >= 11 is -3.14. The van der Waals surface area contributed by atoms with Crippen molar-refractivity contribution >= 4 is 29.2 Å². The van der Waals surface area contributed by atoms with Gasteiger partial charge in [-0.05, 0) is 61.9 Å². The largest absolute Gasteiger partial charge is 0.495 e. The molecule has 6 heteroatoms. The van der Waals surface area contributed by atoms with Crippen LogP contribution in [-0.4, -0.2) is 97.1 Å². The normalized spacial score (nSPS) is 13.6. The summed E-state index contributed by atoms with van der Waals surface area (Å²) in [7, 11) is 0. The van der Waals surface area contributed by atoms with Crippen LogP contribution in [0.25, 0.3) is 0 Å². The Labute approximate surface area is 232 Å². The molecule has 0 aliphatic rings. The molecule has 2 aromatic rings. The van der Waals surface area contributed by atoms with Crippen LogP contribution in [0.5, 0.6) is 0 Å². The van der Waals surface area contributed by atoms with Gasteiger partial charge in [-0.25, -0.2) is 0 Å². The first-order valence-corrected chi connectivity index (χ1v) is 18.0. The van der Waals surface area contributed by atoms with E-state index in [1.165, 1.54) is 0 Å². The Morgan fingerprint density at radius 2 is 0.639 bits per heavy atom. The summed E-state index contributed by atoms with van der Waals surface area (Å²) in [6, 6.07) is 23.2. The van der Waals surface area contributed by atoms with Crippen LogP contribution < -0.4 is 0 Å². The second kappa shape index (κ2) is 17.0. The Bertz CT molecular complexity index is 713. The molecule has 4 nitrogen and oxygen atoms in total. The van der Waals surface area contributed by atoms with Crippen molar-refractivity contribution in [3.05, 3.63) is 71.8 Å². The highest BCUT2D eigenvalue weighted by Gasteiger charge is 2.52. The maximum absolute atomic E-state index is 2.86. The fourth-order valence-electron chi connectivity index (χ4n) is 6.24. The van der Waals surface area contributed by atoms with Crippen LogP contribution in [0.3, 0.4) is 0 Å². The Balaban J connectivity index is 2.93. The summed E-state index contributed by atoms with van der Waals surface area (Å²) in [5.41, 5.74) is 3.08. The molecule has 0 saturated carbocycles. The van der Waals surface area contributed by atoms with Gasteiger partial charge in [0.15, 0.2) is 0 Å². The maximum atomic E-state index is 2.86. The number of hydrogen-bond acceptors (Lipinski definition) is 4. The standard InChI is InChI=1S/C14H12.4C4H10N.2Al/c1-3-7-13(8-4-1)11-12-14-9-5-2-6-10-14;4*1-3-5-4-2;;/h1-12H;4*3-4H2,1-2H3;;/q;4*-1;2*+2. The van der Waals surface area contributed by atoms with Gasteiger partial charge in [0.05, 0.1) is 0 Å². The molecule has 0 heterocycles. The van der Waals surface area contributed by atoms with Crippen LogP contribution in [0.15, 0.2) is 60.7 Å². The lowest BCUT2D eigenvalue weighted by Gasteiger charge is -2.46. The zero-order valence-electron chi connectivity index (χ0n) is 24.5. The molecule has 0 spiro atoms. The molecule has 0 radical (unpaired) electrons. The van der Waals surface area contributed by atoms with Gasteiger partial charge in [0, 0.05) is 0 Å². The fourth-order valence-corrected chi connectivity index (χ4v) is 15.5. The number of benzene rings is 2. The van der Waals surface area contributed by atoms with Gasteiger partial charge in [-0.2, -0.15) is 0 Å². The molecular formula is C30H52Al2N4. The van der Waals surface area contributed by atoms with Gasteiger partial charge in [-0.1, -0.05) is 127 Å². The van der Waals surface area contributed by atoms with Gasteiger partial charge in [-0.3, -0.25) is 0 Å². The zero-order chi connectivity index (χ0) is 26.5. The van der Waals surface area contributed by atoms with E-state index >= 15 is 0 Å². The summed E-state index contributed by atoms with van der Waals surface area (Å²) in [6.45, 7) is 28.0. The van der Waals surface area contributed by atoms with Gasteiger partial charge >= 0.3 is 29.2 Å². The first-order valence-electron chi connectivity index (χ1n) is 14.6. The average molecular weight is 523 g/mol. The van der Waals surface area contributed by atoms with E-state index in [1.54, 1.807) is 11.1 Å². The molecule has 2 atom stereocenters. The lowest BCUT2D eigenvalue weighted by atomic mass is 10.0. The zero-order valence-corrected chi connectivity index (χ0v) is 26.8. The van der Waals surface area contributed by atoms with Gasteiger partial charge in [0.2, 0.25) is 0 Å². The number of rotatable bonds is 17. The molecule has 0 N–H and O–H groups in total. The van der Waals surface area contributed by atoms with Crippen molar-refractivity contribution in [2.24, 2.45) is 0 Å². The van der Waals surface area contributed by atoms with Crippen molar-refractivity contribution < 1.29 is 0 Å². The van der Waals surface area contributed by atoms with E-state index in [4.69, 9.17) is 0 Å². The number of hydrogen-bond donors (Lipinski definition) is 0. The second-order valence-corrected chi connectivity index (χ2v) is 15.6. The summed E-state index contributed by atoms with van der Waals surface area (Å²) in [6.07, 6.45) is 0. The Kier molecular flexibility index (Phi) is 14.9. The smallest absolute Gasteiger partial charge is 0.371 e. The van der Waals surface area contributed by atoms with Crippen molar-refractivity contribution in [2.75, 3.05) is 52.4 Å². The fraction of sp³-hybridized carbons (Fsp3) is 0.600. The van der Waals surface area contributed by atoms with Gasteiger partial charge in [0.1, 0.15) is 0 Å². The third-order valence-corrected chi connectivity index (χ3v) is 17.4. The molecule has 2 rings (SSSR count). The molecule has 2 aromatic carbocycles. The second-order valence-electron chi connectivity index (χ2n) is 9.59. The first-order chi connectivity index (χ1) is 17.6. The molecule has 0 fully saturated rings. The number of nitrogens with zero attached hydrogens (tertiary/aromatic N) is 4. The maximum Gasteiger partial charge on any atom is 0.495 e. The van der Waals surface area contributed by atoms with Crippen LogP contribution in [-0.2, 0) is 0 Å². The minimum Gasteiger partial charge on any atom is -0.371 e. The molecule has 36 heavy (non-hydrogen) atoms. The minimum atomic E-state index is -1.57. The molecule has 0 amide bonds. The topological polar surface area (TPSA) is 13.0 Å². The highest BCUT2D eigenvalue weighted by Crippen LogP contribution is 2.40. The van der Waals surface area contributed by atoms with Crippen molar-refractivity contribution in [1.29, 1.82) is 0 Å². The first kappa shape index (κ1) is 31.6. The lowest BCUT2D eigenvalue weighted by molar-refractivity contribution is 0.344. The van der Waals surface area contributed by atoms with E-state index < -0.39 is 29.2 Å². The Morgan fingerprint density at radius 3 is 0.833 bits per heavy atom. The van der Waals surface area contributed by atoms with Crippen LogP contribution in [0.4, 0.5) is 0 Å². The molecule has 0 saturated heterocycles. The average Bonchev–Trinajstić information content (AvgIpc) is 2.94. The highest BCUT2D eigenvalue weighted by molar-refractivity contribution is 6.61. The predicted molar refractivity (Wildman–Crippen MR) is 162 cm³/mol. The van der Waals surface area contributed by atoms with Crippen LogP contribution >= 0.6 is 0 Å². The summed E-state index contributed by atoms with van der Waals surface area (Å²) in [5.74, 6) is 0. The molecule has 0 bridgehead atoms. The third-order valence-electron chi connectivity index (χ3n) is 8.14. The van der Waals surface area contributed by atoms with E-state index in [-0.39, 0.29) is 0 Å². The molecule has 0 aliphatic heterocycles. The predicted octanol–water partition coefficient (Wildman–Crippen LogP) is 5.98. The van der Waals surface area contributed by atoms with Gasteiger partial charge in [-0.15, -0.1) is 0 Å². The summed E-state index contributed by atoms with van der Waals surface area (Å²) in [4.78, 5) is 0. The Morgan fingerprint density at radius 1 is 0.417 bits per heavy atom. The minimum absolute atomic E-state index is 0.520. The molecule has 198 valence electrons. The SMILES string of the molecule is CC[N](CC)[Al]([CH](c1ccccc1)[CH](c1ccccc1)[Al]([N](CC)CC)[N](CC)CC)[N](CC)CC. The van der Waals surface area contributed by atoms with Gasteiger partial charge in [0.25, 0.3) is 0 Å². The monoisotopic (exact) mass is 522 g/mol. The molecule has 0 aliphatic carbocycles. The van der Waals surface area contributed by atoms with E-state index in [2.05, 4.69) is 132 Å². The van der Waals surface area contributed by atoms with Crippen molar-refractivity contribution in [3.63, 3.8) is 0 Å². The van der Waals surface area contributed by atoms with Crippen LogP contribution in [0, 0.1) is 0 Å². The quantitative estimate of drug-likeness (QED) is 0.237. The third kappa shape index (κ3) is 7.69. The van der Waals surface area contributed by atoms with Crippen molar-refractivity contribution in [1.82, 2.24) is 15.5 Å². The van der Waals surface area contributed by atoms with Crippen molar-refractivity contribution in [3.8, 4) is 0 Å². The van der Waals surface area contributed by atoms with Crippen molar-refractivity contribution in [2.45, 2.75) is 64.9 Å². The van der Waals surface area contributed by atoms with Crippen LogP contribution in [0.2, 0.25) is 0 Å². The summed E-state index contributed by atoms with van der Waals surface area (Å²) < 4.78 is 12.5. The lowest BCUT2D eigenvalue weighted by Crippen LogP contribution is -2.63. The van der Waals surface area contributed by atoms with E-state index in [1.807, 2.05) is 0 Å². The van der Waals surface area contributed by atoms with Gasteiger partial charge < -0.3 is 15.5 Å². The molecule has 2 unspecified atom stereocenters. The summed E-state index contributed by atoms with van der Waals surface area (Å²) in [5, 5.41) is 0. The highest BCUT2D eigenvalue weighted by atomic mass is 27.2. The van der Waals surface area contributed by atoms with E-state index in [0.717, 1.165) is 52.4 Å². The van der Waals surface area contributed by atoms with E-state index in [9.17, 15) is 0 Å². The molecule has 0 aromatic heterocycles. The van der Waals surface area contributed by atoms with Crippen LogP contribution in [0.1, 0.15) is 76.1 Å².